The van der Waals surface area contributed by atoms with Crippen LogP contribution in [-0.4, -0.2) is 17.7 Å². The minimum atomic E-state index is -0.792. The van der Waals surface area contributed by atoms with Gasteiger partial charge in [-0.3, -0.25) is 4.79 Å². The number of allylic oxidation sites excluding steroid dienone is 2. The van der Waals surface area contributed by atoms with Gasteiger partial charge in [-0.1, -0.05) is 24.6 Å². The third-order valence-corrected chi connectivity index (χ3v) is 6.21. The molecule has 5 nitrogen and oxygen atoms in total. The summed E-state index contributed by atoms with van der Waals surface area (Å²) < 4.78 is 11.3. The van der Waals surface area contributed by atoms with Crippen LogP contribution in [0.5, 0.6) is 5.75 Å². The highest BCUT2D eigenvalue weighted by atomic mass is 16.5. The Labute approximate surface area is 170 Å². The zero-order chi connectivity index (χ0) is 21.2. The van der Waals surface area contributed by atoms with Gasteiger partial charge in [-0.25, -0.2) is 4.79 Å². The fraction of sp³-hybridized carbons (Fsp3) is 0.417. The van der Waals surface area contributed by atoms with Crippen molar-refractivity contribution in [3.8, 4) is 5.75 Å². The Kier molecular flexibility index (Phi) is 5.96. The summed E-state index contributed by atoms with van der Waals surface area (Å²) in [7, 11) is 0. The Morgan fingerprint density at radius 2 is 2.07 bits per heavy atom. The highest BCUT2D eigenvalue weighted by Crippen LogP contribution is 2.50. The molecule has 0 saturated carbocycles. The van der Waals surface area contributed by atoms with Crippen molar-refractivity contribution in [2.75, 3.05) is 6.61 Å². The fourth-order valence-electron chi connectivity index (χ4n) is 4.58. The number of carbonyl (C=O) groups is 1. The van der Waals surface area contributed by atoms with Gasteiger partial charge >= 0.3 is 11.6 Å². The summed E-state index contributed by atoms with van der Waals surface area (Å²) in [4.78, 5) is 22.8. The third kappa shape index (κ3) is 4.44. The van der Waals surface area contributed by atoms with E-state index in [4.69, 9.17) is 9.15 Å². The lowest BCUT2D eigenvalue weighted by molar-refractivity contribution is -0.137. The van der Waals surface area contributed by atoms with Gasteiger partial charge in [-0.15, -0.1) is 0 Å². The average molecular weight is 396 g/mol. The third-order valence-electron chi connectivity index (χ3n) is 6.21. The standard InChI is InChI=1S/C24H28O5/c1-15(2)19-9-5-16(3)20(24(19,4)12-11-22(25)26)14-28-18-8-6-17-7-10-23(27)29-21(17)13-18/h6-8,10,13,19H,1,5,9,11-12,14H2,2-4H3,(H,25,26). The van der Waals surface area contributed by atoms with Crippen LogP contribution in [0.15, 0.2) is 62.8 Å². The molecule has 1 N–H and O–H groups in total. The molecule has 1 aromatic heterocycles. The van der Waals surface area contributed by atoms with E-state index in [0.717, 1.165) is 29.4 Å². The predicted octanol–water partition coefficient (Wildman–Crippen LogP) is 5.35. The molecule has 1 aromatic carbocycles. The molecule has 1 heterocycles. The van der Waals surface area contributed by atoms with Gasteiger partial charge < -0.3 is 14.3 Å². The van der Waals surface area contributed by atoms with E-state index < -0.39 is 11.6 Å². The molecule has 2 atom stereocenters. The largest absolute Gasteiger partial charge is 0.489 e. The van der Waals surface area contributed by atoms with E-state index in [1.165, 1.54) is 11.6 Å². The highest BCUT2D eigenvalue weighted by molar-refractivity contribution is 5.77. The minimum absolute atomic E-state index is 0.109. The molecular formula is C24H28O5. The molecule has 1 aliphatic rings. The molecule has 3 rings (SSSR count). The molecule has 0 spiro atoms. The second-order valence-corrected chi connectivity index (χ2v) is 8.25. The summed E-state index contributed by atoms with van der Waals surface area (Å²) >= 11 is 0. The molecule has 2 unspecified atom stereocenters. The van der Waals surface area contributed by atoms with E-state index in [2.05, 4.69) is 20.4 Å². The van der Waals surface area contributed by atoms with Crippen molar-refractivity contribution in [2.24, 2.45) is 11.3 Å². The van der Waals surface area contributed by atoms with E-state index in [9.17, 15) is 14.7 Å². The number of ether oxygens (including phenoxy) is 1. The number of rotatable bonds is 7. The van der Waals surface area contributed by atoms with E-state index in [1.807, 2.05) is 19.1 Å². The maximum Gasteiger partial charge on any atom is 0.336 e. The summed E-state index contributed by atoms with van der Waals surface area (Å²) in [5, 5.41) is 10.1. The molecule has 0 fully saturated rings. The van der Waals surface area contributed by atoms with Crippen molar-refractivity contribution in [2.45, 2.75) is 46.5 Å². The number of carboxylic acids is 1. The fourth-order valence-corrected chi connectivity index (χ4v) is 4.58. The van der Waals surface area contributed by atoms with Gasteiger partial charge in [0.25, 0.3) is 0 Å². The van der Waals surface area contributed by atoms with Crippen molar-refractivity contribution in [1.29, 1.82) is 0 Å². The molecule has 0 aliphatic heterocycles. The minimum Gasteiger partial charge on any atom is -0.489 e. The lowest BCUT2D eigenvalue weighted by Crippen LogP contribution is -2.37. The van der Waals surface area contributed by atoms with E-state index in [1.54, 1.807) is 12.1 Å². The molecule has 0 saturated heterocycles. The summed E-state index contributed by atoms with van der Waals surface area (Å²) in [6.45, 7) is 10.8. The zero-order valence-corrected chi connectivity index (χ0v) is 17.3. The molecule has 5 heteroatoms. The first-order valence-electron chi connectivity index (χ1n) is 9.93. The maximum absolute atomic E-state index is 11.5. The van der Waals surface area contributed by atoms with Gasteiger partial charge in [0.1, 0.15) is 17.9 Å². The Morgan fingerprint density at radius 1 is 1.34 bits per heavy atom. The van der Waals surface area contributed by atoms with Crippen LogP contribution in [0.25, 0.3) is 11.0 Å². The predicted molar refractivity (Wildman–Crippen MR) is 113 cm³/mol. The van der Waals surface area contributed by atoms with Crippen LogP contribution in [0.1, 0.15) is 46.5 Å². The SMILES string of the molecule is C=C(C)C1CCC(C)=C(COc2ccc3ccc(=O)oc3c2)C1(C)CCC(=O)O. The van der Waals surface area contributed by atoms with Crippen molar-refractivity contribution in [1.82, 2.24) is 0 Å². The maximum atomic E-state index is 11.5. The summed E-state index contributed by atoms with van der Waals surface area (Å²) in [5.41, 5.74) is 3.25. The van der Waals surface area contributed by atoms with Gasteiger partial charge in [0.15, 0.2) is 0 Å². The van der Waals surface area contributed by atoms with Crippen molar-refractivity contribution in [3.63, 3.8) is 0 Å². The molecule has 0 bridgehead atoms. The first kappa shape index (κ1) is 20.9. The van der Waals surface area contributed by atoms with E-state index >= 15 is 0 Å². The average Bonchev–Trinajstić information content (AvgIpc) is 2.65. The molecule has 0 radical (unpaired) electrons. The van der Waals surface area contributed by atoms with Gasteiger partial charge in [0, 0.05) is 23.9 Å². The lowest BCUT2D eigenvalue weighted by atomic mass is 9.60. The first-order valence-corrected chi connectivity index (χ1v) is 9.93. The van der Waals surface area contributed by atoms with E-state index in [-0.39, 0.29) is 17.8 Å². The summed E-state index contributed by atoms with van der Waals surface area (Å²) in [6, 6.07) is 8.55. The number of carboxylic acid groups (broad SMARTS) is 1. The summed E-state index contributed by atoms with van der Waals surface area (Å²) in [5.74, 6) is 0.0451. The Morgan fingerprint density at radius 3 is 2.76 bits per heavy atom. The second-order valence-electron chi connectivity index (χ2n) is 8.25. The Hall–Kier alpha value is -2.82. The van der Waals surface area contributed by atoms with Crippen molar-refractivity contribution >= 4 is 16.9 Å². The number of benzene rings is 1. The summed E-state index contributed by atoms with van der Waals surface area (Å²) in [6.07, 6.45) is 2.58. The zero-order valence-electron chi connectivity index (χ0n) is 17.3. The van der Waals surface area contributed by atoms with Gasteiger partial charge in [0.05, 0.1) is 0 Å². The van der Waals surface area contributed by atoms with Crippen molar-refractivity contribution in [3.05, 3.63) is 64.1 Å². The topological polar surface area (TPSA) is 76.7 Å². The van der Waals surface area contributed by atoms with Crippen LogP contribution in [0.2, 0.25) is 0 Å². The van der Waals surface area contributed by atoms with Gasteiger partial charge in [-0.05, 0) is 68.2 Å². The molecular weight excluding hydrogens is 368 g/mol. The van der Waals surface area contributed by atoms with Crippen LogP contribution in [0.4, 0.5) is 0 Å². The number of fused-ring (bicyclic) bond motifs is 1. The highest BCUT2D eigenvalue weighted by Gasteiger charge is 2.41. The normalized spacial score (nSPS) is 22.0. The number of hydrogen-bond acceptors (Lipinski definition) is 4. The smallest absolute Gasteiger partial charge is 0.336 e. The van der Waals surface area contributed by atoms with Crippen LogP contribution < -0.4 is 10.4 Å². The van der Waals surface area contributed by atoms with Crippen LogP contribution >= 0.6 is 0 Å². The number of hydrogen-bond donors (Lipinski definition) is 1. The van der Waals surface area contributed by atoms with Crippen LogP contribution in [0.3, 0.4) is 0 Å². The van der Waals surface area contributed by atoms with Gasteiger partial charge in [0.2, 0.25) is 0 Å². The first-order chi connectivity index (χ1) is 13.7. The Bertz CT molecular complexity index is 1030. The van der Waals surface area contributed by atoms with Crippen LogP contribution in [0, 0.1) is 11.3 Å². The Balaban J connectivity index is 1.88. The molecule has 0 amide bonds. The molecule has 1 aliphatic carbocycles. The monoisotopic (exact) mass is 396 g/mol. The quantitative estimate of drug-likeness (QED) is 0.504. The lowest BCUT2D eigenvalue weighted by Gasteiger charge is -2.45. The van der Waals surface area contributed by atoms with E-state index in [0.29, 0.717) is 24.4 Å². The molecule has 2 aromatic rings. The van der Waals surface area contributed by atoms with Crippen molar-refractivity contribution < 1.29 is 19.1 Å². The molecule has 29 heavy (non-hydrogen) atoms. The second kappa shape index (κ2) is 8.27. The van der Waals surface area contributed by atoms with Gasteiger partial charge in [-0.2, -0.15) is 0 Å². The number of aliphatic carboxylic acids is 1. The van der Waals surface area contributed by atoms with Crippen LogP contribution in [-0.2, 0) is 4.79 Å². The molecule has 154 valence electrons.